The van der Waals surface area contributed by atoms with Gasteiger partial charge in [-0.25, -0.2) is 4.98 Å². The van der Waals surface area contributed by atoms with Gasteiger partial charge in [0, 0.05) is 32.4 Å². The van der Waals surface area contributed by atoms with Crippen LogP contribution in [-0.2, 0) is 4.79 Å². The fourth-order valence-corrected chi connectivity index (χ4v) is 2.44. The fraction of sp³-hybridized carbons (Fsp3) is 0.455. The minimum Gasteiger partial charge on any atom is -0.352 e. The van der Waals surface area contributed by atoms with Crippen LogP contribution in [0.25, 0.3) is 0 Å². The highest BCUT2D eigenvalue weighted by atomic mass is 35.5. The van der Waals surface area contributed by atoms with Gasteiger partial charge in [0.1, 0.15) is 5.82 Å². The molecule has 2 heterocycles. The summed E-state index contributed by atoms with van der Waals surface area (Å²) in [5, 5.41) is 1.04. The van der Waals surface area contributed by atoms with Crippen LogP contribution in [0, 0.1) is 0 Å². The van der Waals surface area contributed by atoms with E-state index in [0.717, 1.165) is 0 Å². The second kappa shape index (κ2) is 8.74. The summed E-state index contributed by atoms with van der Waals surface area (Å²) in [6.07, 6.45) is 1.57. The number of carbonyl (C=O) groups excluding carboxylic acids is 1. The van der Waals surface area contributed by atoms with E-state index in [0.29, 0.717) is 42.0 Å². The molecule has 0 bridgehead atoms. The van der Waals surface area contributed by atoms with Crippen LogP contribution in [0.5, 0.6) is 0 Å². The van der Waals surface area contributed by atoms with Gasteiger partial charge in [0.25, 0.3) is 0 Å². The van der Waals surface area contributed by atoms with E-state index in [1.165, 1.54) is 0 Å². The van der Waals surface area contributed by atoms with E-state index in [1.54, 1.807) is 17.2 Å². The lowest BCUT2D eigenvalue weighted by atomic mass is 10.3. The van der Waals surface area contributed by atoms with Crippen molar-refractivity contribution in [3.8, 4) is 0 Å². The Bertz CT molecular complexity index is 452. The quantitative estimate of drug-likeness (QED) is 0.872. The maximum Gasteiger partial charge on any atom is 0.236 e. The zero-order valence-corrected chi connectivity index (χ0v) is 13.7. The number of amides is 1. The molecular weight excluding hydrogens is 346 g/mol. The molecule has 9 heteroatoms. The SMILES string of the molecule is Cl.Cl.NCC(=O)N1CCN(c2ncc(Cl)cc2Cl)CC1. The highest BCUT2D eigenvalue weighted by Gasteiger charge is 2.22. The monoisotopic (exact) mass is 360 g/mol. The number of nitrogens with zero attached hydrogens (tertiary/aromatic N) is 3. The molecular formula is C11H16Cl4N4O. The van der Waals surface area contributed by atoms with Crippen molar-refractivity contribution in [2.45, 2.75) is 0 Å². The zero-order valence-electron chi connectivity index (χ0n) is 10.6. The first-order valence-corrected chi connectivity index (χ1v) is 6.41. The molecule has 0 radical (unpaired) electrons. The minimum atomic E-state index is -0.0233. The van der Waals surface area contributed by atoms with Gasteiger partial charge in [0.05, 0.1) is 16.6 Å². The number of nitrogens with two attached hydrogens (primary N) is 1. The maximum absolute atomic E-state index is 11.4. The van der Waals surface area contributed by atoms with Crippen LogP contribution in [0.15, 0.2) is 12.3 Å². The molecule has 20 heavy (non-hydrogen) atoms. The Balaban J connectivity index is 0.00000180. The van der Waals surface area contributed by atoms with Crippen molar-refractivity contribution in [2.75, 3.05) is 37.6 Å². The highest BCUT2D eigenvalue weighted by molar-refractivity contribution is 6.36. The average Bonchev–Trinajstić information content (AvgIpc) is 2.38. The highest BCUT2D eigenvalue weighted by Crippen LogP contribution is 2.26. The van der Waals surface area contributed by atoms with Gasteiger partial charge in [-0.15, -0.1) is 24.8 Å². The summed E-state index contributed by atoms with van der Waals surface area (Å²) >= 11 is 11.9. The predicted octanol–water partition coefficient (Wildman–Crippen LogP) is 1.84. The third-order valence-electron chi connectivity index (χ3n) is 2.89. The molecule has 0 spiro atoms. The van der Waals surface area contributed by atoms with Gasteiger partial charge in [-0.1, -0.05) is 23.2 Å². The largest absolute Gasteiger partial charge is 0.352 e. The molecule has 0 atom stereocenters. The lowest BCUT2D eigenvalue weighted by Gasteiger charge is -2.35. The molecule has 1 aliphatic rings. The molecule has 1 aliphatic heterocycles. The molecule has 0 saturated carbocycles. The van der Waals surface area contributed by atoms with Crippen LogP contribution in [0.3, 0.4) is 0 Å². The third-order valence-corrected chi connectivity index (χ3v) is 3.38. The van der Waals surface area contributed by atoms with Gasteiger partial charge in [-0.3, -0.25) is 4.79 Å². The second-order valence-corrected chi connectivity index (χ2v) is 4.87. The van der Waals surface area contributed by atoms with Crippen LogP contribution in [0.2, 0.25) is 10.0 Å². The topological polar surface area (TPSA) is 62.5 Å². The summed E-state index contributed by atoms with van der Waals surface area (Å²) in [6.45, 7) is 2.72. The van der Waals surface area contributed by atoms with Crippen LogP contribution in [0.4, 0.5) is 5.82 Å². The molecule has 2 rings (SSSR count). The van der Waals surface area contributed by atoms with E-state index in [4.69, 9.17) is 28.9 Å². The molecule has 1 fully saturated rings. The number of piperazine rings is 1. The molecule has 5 nitrogen and oxygen atoms in total. The van der Waals surface area contributed by atoms with Gasteiger partial charge in [-0.05, 0) is 6.07 Å². The minimum absolute atomic E-state index is 0. The van der Waals surface area contributed by atoms with Crippen LogP contribution in [-0.4, -0.2) is 48.5 Å². The Morgan fingerprint density at radius 2 is 1.85 bits per heavy atom. The zero-order chi connectivity index (χ0) is 13.1. The van der Waals surface area contributed by atoms with Gasteiger partial charge in [0.15, 0.2) is 0 Å². The molecule has 0 aromatic carbocycles. The molecule has 2 N–H and O–H groups in total. The van der Waals surface area contributed by atoms with Gasteiger partial charge in [-0.2, -0.15) is 0 Å². The maximum atomic E-state index is 11.4. The number of rotatable bonds is 2. The Labute approximate surface area is 140 Å². The Morgan fingerprint density at radius 3 is 2.35 bits per heavy atom. The Kier molecular flexibility index (Phi) is 8.54. The lowest BCUT2D eigenvalue weighted by molar-refractivity contribution is -0.129. The summed E-state index contributed by atoms with van der Waals surface area (Å²) in [5.41, 5.74) is 5.34. The average molecular weight is 362 g/mol. The number of carbonyl (C=O) groups is 1. The first-order valence-electron chi connectivity index (χ1n) is 5.65. The molecule has 0 unspecified atom stereocenters. The van der Waals surface area contributed by atoms with Crippen LogP contribution < -0.4 is 10.6 Å². The molecule has 114 valence electrons. The number of hydrogen-bond acceptors (Lipinski definition) is 4. The number of halogens is 4. The fourth-order valence-electron chi connectivity index (χ4n) is 1.94. The lowest BCUT2D eigenvalue weighted by Crippen LogP contribution is -2.50. The van der Waals surface area contributed by atoms with E-state index in [2.05, 4.69) is 4.98 Å². The first kappa shape index (κ1) is 19.5. The summed E-state index contributed by atoms with van der Waals surface area (Å²) < 4.78 is 0. The van der Waals surface area contributed by atoms with Crippen molar-refractivity contribution in [1.29, 1.82) is 0 Å². The van der Waals surface area contributed by atoms with E-state index in [-0.39, 0.29) is 37.3 Å². The summed E-state index contributed by atoms with van der Waals surface area (Å²) in [4.78, 5) is 19.5. The number of pyridine rings is 1. The van der Waals surface area contributed by atoms with Crippen LogP contribution in [0.1, 0.15) is 0 Å². The van der Waals surface area contributed by atoms with Crippen molar-refractivity contribution >= 4 is 59.7 Å². The van der Waals surface area contributed by atoms with E-state index in [1.807, 2.05) is 4.90 Å². The molecule has 1 aromatic heterocycles. The Morgan fingerprint density at radius 1 is 1.25 bits per heavy atom. The van der Waals surface area contributed by atoms with Gasteiger partial charge in [0.2, 0.25) is 5.91 Å². The van der Waals surface area contributed by atoms with E-state index < -0.39 is 0 Å². The summed E-state index contributed by atoms with van der Waals surface area (Å²) in [5.74, 6) is 0.686. The van der Waals surface area contributed by atoms with E-state index in [9.17, 15) is 4.79 Å². The number of anilines is 1. The van der Waals surface area contributed by atoms with Crippen molar-refractivity contribution in [1.82, 2.24) is 9.88 Å². The predicted molar refractivity (Wildman–Crippen MR) is 86.6 cm³/mol. The van der Waals surface area contributed by atoms with Gasteiger partial charge >= 0.3 is 0 Å². The molecule has 1 saturated heterocycles. The number of hydrogen-bond donors (Lipinski definition) is 1. The third kappa shape index (κ3) is 4.53. The second-order valence-electron chi connectivity index (χ2n) is 4.03. The van der Waals surface area contributed by atoms with E-state index >= 15 is 0 Å². The smallest absolute Gasteiger partial charge is 0.236 e. The molecule has 1 amide bonds. The summed E-state index contributed by atoms with van der Waals surface area (Å²) in [7, 11) is 0. The molecule has 1 aromatic rings. The van der Waals surface area contributed by atoms with Crippen LogP contribution >= 0.6 is 48.0 Å². The first-order chi connectivity index (χ1) is 8.61. The van der Waals surface area contributed by atoms with Crippen molar-refractivity contribution < 1.29 is 4.79 Å². The van der Waals surface area contributed by atoms with Gasteiger partial charge < -0.3 is 15.5 Å². The Hall–Kier alpha value is -0.460. The van der Waals surface area contributed by atoms with Crippen molar-refractivity contribution in [3.05, 3.63) is 22.3 Å². The standard InChI is InChI=1S/C11H14Cl2N4O.2ClH/c12-8-5-9(13)11(15-7-8)17-3-1-16(2-4-17)10(18)6-14;;/h5,7H,1-4,6,14H2;2*1H. The summed E-state index contributed by atoms with van der Waals surface area (Å²) in [6, 6.07) is 1.67. The normalized spacial score (nSPS) is 14.3. The molecule has 0 aliphatic carbocycles. The van der Waals surface area contributed by atoms with Crippen molar-refractivity contribution in [3.63, 3.8) is 0 Å². The van der Waals surface area contributed by atoms with Crippen molar-refractivity contribution in [2.24, 2.45) is 5.73 Å². The number of aromatic nitrogens is 1.